The van der Waals surface area contributed by atoms with Gasteiger partial charge in [0.05, 0.1) is 13.0 Å². The second-order valence-electron chi connectivity index (χ2n) is 6.95. The number of para-hydroxylation sites is 1. The van der Waals surface area contributed by atoms with E-state index < -0.39 is 5.97 Å². The van der Waals surface area contributed by atoms with Crippen molar-refractivity contribution in [1.29, 1.82) is 0 Å². The predicted molar refractivity (Wildman–Crippen MR) is 101 cm³/mol. The summed E-state index contributed by atoms with van der Waals surface area (Å²) in [4.78, 5) is 23.5. The van der Waals surface area contributed by atoms with Crippen molar-refractivity contribution in [2.24, 2.45) is 0 Å². The lowest BCUT2D eigenvalue weighted by Crippen LogP contribution is -2.21. The molecule has 1 N–H and O–H groups in total. The monoisotopic (exact) mass is 355 g/mol. The molecule has 2 rings (SSSR count). The predicted octanol–water partition coefficient (Wildman–Crippen LogP) is 3.93. The number of benzene rings is 2. The number of hydrogen-bond acceptors (Lipinski definition) is 4. The molecule has 5 heteroatoms. The van der Waals surface area contributed by atoms with E-state index in [1.165, 1.54) is 5.56 Å². The molecule has 5 nitrogen and oxygen atoms in total. The molecular weight excluding hydrogens is 330 g/mol. The minimum atomic E-state index is -0.473. The number of carbonyl (C=O) groups excluding carboxylic acids is 2. The van der Waals surface area contributed by atoms with Gasteiger partial charge in [0.25, 0.3) is 5.91 Å². The molecule has 138 valence electrons. The third-order valence-corrected chi connectivity index (χ3v) is 3.72. The zero-order valence-electron chi connectivity index (χ0n) is 15.5. The molecule has 0 spiro atoms. The van der Waals surface area contributed by atoms with Crippen molar-refractivity contribution < 1.29 is 19.1 Å². The molecule has 0 heterocycles. The highest BCUT2D eigenvalue weighted by Gasteiger charge is 2.13. The molecule has 26 heavy (non-hydrogen) atoms. The molecule has 0 aliphatic rings. The lowest BCUT2D eigenvalue weighted by molar-refractivity contribution is -0.147. The Hall–Kier alpha value is -2.82. The van der Waals surface area contributed by atoms with Crippen LogP contribution in [0.1, 0.15) is 32.8 Å². The van der Waals surface area contributed by atoms with Crippen LogP contribution in [0.4, 0.5) is 5.69 Å². The van der Waals surface area contributed by atoms with Gasteiger partial charge in [-0.3, -0.25) is 9.59 Å². The fourth-order valence-electron chi connectivity index (χ4n) is 2.24. The van der Waals surface area contributed by atoms with Crippen molar-refractivity contribution in [3.63, 3.8) is 0 Å². The first-order valence-electron chi connectivity index (χ1n) is 8.58. The highest BCUT2D eigenvalue weighted by Crippen LogP contribution is 2.23. The minimum absolute atomic E-state index is 0.0554. The van der Waals surface area contributed by atoms with Crippen LogP contribution in [0, 0.1) is 0 Å². The third-order valence-electron chi connectivity index (χ3n) is 3.72. The van der Waals surface area contributed by atoms with E-state index in [0.717, 1.165) is 0 Å². The van der Waals surface area contributed by atoms with Crippen molar-refractivity contribution in [3.05, 3.63) is 60.2 Å². The molecule has 2 aromatic rings. The molecule has 0 bridgehead atoms. The van der Waals surface area contributed by atoms with Gasteiger partial charge < -0.3 is 14.8 Å². The molecule has 0 atom stereocenters. The Morgan fingerprint density at radius 2 is 1.62 bits per heavy atom. The van der Waals surface area contributed by atoms with Crippen LogP contribution in [0.25, 0.3) is 0 Å². The summed E-state index contributed by atoms with van der Waals surface area (Å²) in [6, 6.07) is 16.8. The van der Waals surface area contributed by atoms with Crippen LogP contribution >= 0.6 is 0 Å². The van der Waals surface area contributed by atoms with Gasteiger partial charge in [0.15, 0.2) is 6.61 Å². The number of esters is 1. The molecule has 0 saturated carbocycles. The van der Waals surface area contributed by atoms with Crippen molar-refractivity contribution in [1.82, 2.24) is 0 Å². The van der Waals surface area contributed by atoms with Gasteiger partial charge in [-0.2, -0.15) is 0 Å². The minimum Gasteiger partial charge on any atom is -0.493 e. The zero-order chi connectivity index (χ0) is 19.0. The Labute approximate surface area is 154 Å². The maximum Gasteiger partial charge on any atom is 0.309 e. The highest BCUT2D eigenvalue weighted by molar-refractivity contribution is 5.92. The van der Waals surface area contributed by atoms with E-state index in [1.807, 2.05) is 54.6 Å². The standard InChI is InChI=1S/C21H25NO4/c1-21(2,3)16-9-11-17(12-10-16)22-19(23)15-26-20(24)13-14-25-18-7-5-4-6-8-18/h4-12H,13-15H2,1-3H3,(H,22,23). The lowest BCUT2D eigenvalue weighted by atomic mass is 9.87. The third kappa shape index (κ3) is 6.59. The summed E-state index contributed by atoms with van der Waals surface area (Å²) in [5, 5.41) is 2.71. The topological polar surface area (TPSA) is 64.6 Å². The molecular formula is C21H25NO4. The molecule has 0 fully saturated rings. The van der Waals surface area contributed by atoms with E-state index in [0.29, 0.717) is 11.4 Å². The van der Waals surface area contributed by atoms with Crippen LogP contribution in [0.15, 0.2) is 54.6 Å². The quantitative estimate of drug-likeness (QED) is 0.764. The van der Waals surface area contributed by atoms with Gasteiger partial charge in [-0.1, -0.05) is 51.1 Å². The number of carbonyl (C=O) groups is 2. The number of nitrogens with one attached hydrogen (secondary N) is 1. The maximum absolute atomic E-state index is 11.9. The first-order chi connectivity index (χ1) is 12.3. The van der Waals surface area contributed by atoms with Crippen LogP contribution in [0.3, 0.4) is 0 Å². The fourth-order valence-corrected chi connectivity index (χ4v) is 2.24. The second kappa shape index (κ2) is 9.04. The molecule has 1 amide bonds. The number of anilines is 1. The smallest absolute Gasteiger partial charge is 0.309 e. The van der Waals surface area contributed by atoms with E-state index in [2.05, 4.69) is 26.1 Å². The van der Waals surface area contributed by atoms with Gasteiger partial charge in [-0.15, -0.1) is 0 Å². The first kappa shape index (κ1) is 19.5. The molecule has 0 saturated heterocycles. The Morgan fingerprint density at radius 3 is 2.23 bits per heavy atom. The van der Waals surface area contributed by atoms with Crippen molar-refractivity contribution in [2.75, 3.05) is 18.5 Å². The normalized spacial score (nSPS) is 10.9. The van der Waals surface area contributed by atoms with E-state index in [-0.39, 0.29) is 31.0 Å². The van der Waals surface area contributed by atoms with Gasteiger partial charge in [-0.05, 0) is 35.2 Å². The summed E-state index contributed by atoms with van der Waals surface area (Å²) in [6.45, 7) is 6.27. The SMILES string of the molecule is CC(C)(C)c1ccc(NC(=O)COC(=O)CCOc2ccccc2)cc1. The van der Waals surface area contributed by atoms with Gasteiger partial charge in [0.1, 0.15) is 5.75 Å². The molecule has 0 aromatic heterocycles. The summed E-state index contributed by atoms with van der Waals surface area (Å²) in [6.07, 6.45) is 0.0858. The van der Waals surface area contributed by atoms with E-state index in [1.54, 1.807) is 0 Å². The molecule has 0 aliphatic carbocycles. The molecule has 2 aromatic carbocycles. The fraction of sp³-hybridized carbons (Fsp3) is 0.333. The average Bonchev–Trinajstić information content (AvgIpc) is 2.60. The van der Waals surface area contributed by atoms with Crippen LogP contribution in [-0.2, 0) is 19.7 Å². The van der Waals surface area contributed by atoms with Crippen molar-refractivity contribution in [2.45, 2.75) is 32.6 Å². The largest absolute Gasteiger partial charge is 0.493 e. The van der Waals surface area contributed by atoms with Gasteiger partial charge in [0.2, 0.25) is 0 Å². The second-order valence-corrected chi connectivity index (χ2v) is 6.95. The van der Waals surface area contributed by atoms with Crippen LogP contribution < -0.4 is 10.1 Å². The zero-order valence-corrected chi connectivity index (χ0v) is 15.5. The number of hydrogen-bond donors (Lipinski definition) is 1. The van der Waals surface area contributed by atoms with E-state index >= 15 is 0 Å². The number of amides is 1. The Morgan fingerprint density at radius 1 is 0.962 bits per heavy atom. The number of ether oxygens (including phenoxy) is 2. The van der Waals surface area contributed by atoms with Crippen LogP contribution in [0.5, 0.6) is 5.75 Å². The first-order valence-corrected chi connectivity index (χ1v) is 8.58. The summed E-state index contributed by atoms with van der Waals surface area (Å²) in [5.74, 6) is -0.151. The van der Waals surface area contributed by atoms with Gasteiger partial charge >= 0.3 is 5.97 Å². The molecule has 0 aliphatic heterocycles. The highest BCUT2D eigenvalue weighted by atomic mass is 16.5. The van der Waals surface area contributed by atoms with Gasteiger partial charge in [-0.25, -0.2) is 0 Å². The summed E-state index contributed by atoms with van der Waals surface area (Å²) in [5.41, 5.74) is 1.91. The maximum atomic E-state index is 11.9. The summed E-state index contributed by atoms with van der Waals surface area (Å²) < 4.78 is 10.4. The summed E-state index contributed by atoms with van der Waals surface area (Å²) >= 11 is 0. The molecule has 0 radical (unpaired) electrons. The molecule has 0 unspecified atom stereocenters. The lowest BCUT2D eigenvalue weighted by Gasteiger charge is -2.19. The average molecular weight is 355 g/mol. The van der Waals surface area contributed by atoms with Crippen LogP contribution in [-0.4, -0.2) is 25.1 Å². The van der Waals surface area contributed by atoms with Gasteiger partial charge in [0, 0.05) is 5.69 Å². The van der Waals surface area contributed by atoms with Crippen LogP contribution in [0.2, 0.25) is 0 Å². The van der Waals surface area contributed by atoms with Crippen molar-refractivity contribution >= 4 is 17.6 Å². The Bertz CT molecular complexity index is 718. The summed E-state index contributed by atoms with van der Waals surface area (Å²) in [7, 11) is 0. The van der Waals surface area contributed by atoms with E-state index in [9.17, 15) is 9.59 Å². The van der Waals surface area contributed by atoms with E-state index in [4.69, 9.17) is 9.47 Å². The Balaban J connectivity index is 1.68. The number of rotatable bonds is 7. The Kier molecular flexibility index (Phi) is 6.78. The van der Waals surface area contributed by atoms with Crippen molar-refractivity contribution in [3.8, 4) is 5.75 Å².